The second-order valence-corrected chi connectivity index (χ2v) is 6.31. The number of aliphatic hydroxyl groups excluding tert-OH is 1. The molecule has 1 N–H and O–H groups in total. The molecule has 0 aliphatic carbocycles. The number of aliphatic hydroxyl groups is 1. The molecule has 3 heterocycles. The number of β-amino-alcohol motifs (C(OH)–C–C–N with tert-alkyl or cyclic N) is 1. The number of hydrogen-bond donors (Lipinski definition) is 1. The minimum absolute atomic E-state index is 0.00813. The summed E-state index contributed by atoms with van der Waals surface area (Å²) >= 11 is 0. The van der Waals surface area contributed by atoms with Crippen LogP contribution in [0, 0.1) is 5.41 Å². The summed E-state index contributed by atoms with van der Waals surface area (Å²) < 4.78 is 38.4. The van der Waals surface area contributed by atoms with Gasteiger partial charge in [-0.15, -0.1) is 0 Å². The fourth-order valence-electron chi connectivity index (χ4n) is 3.57. The number of likely N-dealkylation sites (tertiary alicyclic amines) is 1. The van der Waals surface area contributed by atoms with Gasteiger partial charge in [0.05, 0.1) is 12.0 Å². The Balaban J connectivity index is 1.79. The molecule has 2 fully saturated rings. The first-order valence-corrected chi connectivity index (χ1v) is 7.91. The van der Waals surface area contributed by atoms with E-state index in [0.717, 1.165) is 18.7 Å². The Morgan fingerprint density at radius 2 is 2.08 bits per heavy atom. The van der Waals surface area contributed by atoms with Crippen molar-refractivity contribution in [1.29, 1.82) is 0 Å². The molecule has 0 aromatic carbocycles. The lowest BCUT2D eigenvalue weighted by atomic mass is 9.78. The summed E-state index contributed by atoms with van der Waals surface area (Å²) in [7, 11) is 0. The van der Waals surface area contributed by atoms with Crippen molar-refractivity contribution in [2.24, 2.45) is 5.41 Å². The van der Waals surface area contributed by atoms with Gasteiger partial charge >= 0.3 is 6.18 Å². The van der Waals surface area contributed by atoms with E-state index in [1.807, 2.05) is 0 Å². The lowest BCUT2D eigenvalue weighted by Gasteiger charge is -2.39. The number of halogens is 3. The molecule has 2 aliphatic heterocycles. The Hall–Kier alpha value is -1.90. The van der Waals surface area contributed by atoms with Gasteiger partial charge in [-0.3, -0.25) is 4.79 Å². The molecular formula is C15H19F3N4O2. The summed E-state index contributed by atoms with van der Waals surface area (Å²) in [6.45, 7) is 1.57. The number of piperidine rings is 1. The molecule has 132 valence electrons. The first-order chi connectivity index (χ1) is 11.4. The van der Waals surface area contributed by atoms with Gasteiger partial charge in [-0.2, -0.15) is 13.2 Å². The molecule has 0 saturated carbocycles. The van der Waals surface area contributed by atoms with Crippen molar-refractivity contribution >= 4 is 11.9 Å². The maximum atomic E-state index is 12.8. The van der Waals surface area contributed by atoms with Crippen LogP contribution in [0.25, 0.3) is 0 Å². The summed E-state index contributed by atoms with van der Waals surface area (Å²) in [6.07, 6.45) is -1.34. The number of anilines is 1. The molecular weight excluding hydrogens is 325 g/mol. The number of rotatable bonds is 3. The predicted octanol–water partition coefficient (Wildman–Crippen LogP) is 1.31. The standard InChI is InChI=1S/C15H19F3N4O2/c16-15(17,18)11-2-5-19-13(20-11)22-7-4-14(10-22)3-1-6-21(8-9-23)12(14)24/h2,5,23H,1,3-4,6-10H2/t14-/m1/s1. The molecule has 3 rings (SSSR count). The van der Waals surface area contributed by atoms with Gasteiger partial charge in [0.1, 0.15) is 5.69 Å². The normalized spacial score (nSPS) is 24.9. The number of aromatic nitrogens is 2. The number of amides is 1. The lowest BCUT2D eigenvalue weighted by Crippen LogP contribution is -2.50. The van der Waals surface area contributed by atoms with Gasteiger partial charge in [0.25, 0.3) is 0 Å². The van der Waals surface area contributed by atoms with Crippen molar-refractivity contribution < 1.29 is 23.1 Å². The number of hydrogen-bond acceptors (Lipinski definition) is 5. The van der Waals surface area contributed by atoms with E-state index < -0.39 is 17.3 Å². The van der Waals surface area contributed by atoms with Crippen LogP contribution in [0.4, 0.5) is 19.1 Å². The monoisotopic (exact) mass is 344 g/mol. The van der Waals surface area contributed by atoms with Crippen molar-refractivity contribution in [1.82, 2.24) is 14.9 Å². The highest BCUT2D eigenvalue weighted by atomic mass is 19.4. The highest BCUT2D eigenvalue weighted by Gasteiger charge is 2.49. The molecule has 2 saturated heterocycles. The number of carbonyl (C=O) groups excluding carboxylic acids is 1. The molecule has 9 heteroatoms. The van der Waals surface area contributed by atoms with Crippen LogP contribution in [-0.2, 0) is 11.0 Å². The van der Waals surface area contributed by atoms with Crippen molar-refractivity contribution in [3.05, 3.63) is 18.0 Å². The van der Waals surface area contributed by atoms with E-state index in [4.69, 9.17) is 5.11 Å². The van der Waals surface area contributed by atoms with Crippen molar-refractivity contribution in [2.45, 2.75) is 25.4 Å². The van der Waals surface area contributed by atoms with Crippen LogP contribution in [0.3, 0.4) is 0 Å². The zero-order valence-corrected chi connectivity index (χ0v) is 13.1. The first kappa shape index (κ1) is 16.9. The molecule has 0 radical (unpaired) electrons. The van der Waals surface area contributed by atoms with Crippen LogP contribution in [0.5, 0.6) is 0 Å². The average molecular weight is 344 g/mol. The largest absolute Gasteiger partial charge is 0.433 e. The average Bonchev–Trinajstić information content (AvgIpc) is 2.97. The van der Waals surface area contributed by atoms with Crippen LogP contribution in [0.2, 0.25) is 0 Å². The lowest BCUT2D eigenvalue weighted by molar-refractivity contribution is -0.145. The molecule has 1 aromatic rings. The highest BCUT2D eigenvalue weighted by molar-refractivity contribution is 5.85. The van der Waals surface area contributed by atoms with E-state index in [9.17, 15) is 18.0 Å². The third-order valence-electron chi connectivity index (χ3n) is 4.76. The topological polar surface area (TPSA) is 69.6 Å². The van der Waals surface area contributed by atoms with Gasteiger partial charge in [0.2, 0.25) is 11.9 Å². The summed E-state index contributed by atoms with van der Waals surface area (Å²) in [5.41, 5.74) is -1.59. The Morgan fingerprint density at radius 3 is 2.79 bits per heavy atom. The molecule has 0 bridgehead atoms. The molecule has 1 aromatic heterocycles. The first-order valence-electron chi connectivity index (χ1n) is 7.91. The number of nitrogens with zero attached hydrogens (tertiary/aromatic N) is 4. The van der Waals surface area contributed by atoms with Crippen molar-refractivity contribution in [2.75, 3.05) is 37.7 Å². The summed E-state index contributed by atoms with van der Waals surface area (Å²) in [5, 5.41) is 9.07. The van der Waals surface area contributed by atoms with E-state index >= 15 is 0 Å². The maximum Gasteiger partial charge on any atom is 0.433 e. The Bertz CT molecular complexity index is 623. The molecule has 24 heavy (non-hydrogen) atoms. The second kappa shape index (κ2) is 6.19. The molecule has 2 aliphatic rings. The SMILES string of the molecule is O=C1N(CCO)CCC[C@]12CCN(c1nccc(C(F)(F)F)n1)C2. The van der Waals surface area contributed by atoms with Crippen LogP contribution >= 0.6 is 0 Å². The summed E-state index contributed by atoms with van der Waals surface area (Å²) in [4.78, 5) is 23.5. The zero-order valence-electron chi connectivity index (χ0n) is 13.1. The van der Waals surface area contributed by atoms with E-state index in [-0.39, 0.29) is 18.5 Å². The van der Waals surface area contributed by atoms with E-state index in [0.29, 0.717) is 39.0 Å². The third kappa shape index (κ3) is 3.04. The Kier molecular flexibility index (Phi) is 4.37. The number of carbonyl (C=O) groups is 1. The van der Waals surface area contributed by atoms with Gasteiger partial charge in [0.15, 0.2) is 0 Å². The molecule has 1 spiro atoms. The van der Waals surface area contributed by atoms with Gasteiger partial charge in [-0.1, -0.05) is 0 Å². The fraction of sp³-hybridized carbons (Fsp3) is 0.667. The van der Waals surface area contributed by atoms with Crippen LogP contribution in [-0.4, -0.2) is 58.7 Å². The van der Waals surface area contributed by atoms with Gasteiger partial charge in [0, 0.05) is 32.4 Å². The van der Waals surface area contributed by atoms with Crippen LogP contribution < -0.4 is 4.90 Å². The fourth-order valence-corrected chi connectivity index (χ4v) is 3.57. The minimum atomic E-state index is -4.52. The minimum Gasteiger partial charge on any atom is -0.395 e. The summed E-state index contributed by atoms with van der Waals surface area (Å²) in [5.74, 6) is -0.0222. The second-order valence-electron chi connectivity index (χ2n) is 6.31. The quantitative estimate of drug-likeness (QED) is 0.895. The van der Waals surface area contributed by atoms with Crippen molar-refractivity contribution in [3.8, 4) is 0 Å². The Morgan fingerprint density at radius 1 is 1.29 bits per heavy atom. The van der Waals surface area contributed by atoms with E-state index in [2.05, 4.69) is 9.97 Å². The van der Waals surface area contributed by atoms with E-state index in [1.54, 1.807) is 9.80 Å². The molecule has 6 nitrogen and oxygen atoms in total. The van der Waals surface area contributed by atoms with Gasteiger partial charge in [-0.25, -0.2) is 9.97 Å². The Labute approximate surface area is 137 Å². The van der Waals surface area contributed by atoms with Crippen molar-refractivity contribution in [3.63, 3.8) is 0 Å². The third-order valence-corrected chi connectivity index (χ3v) is 4.76. The zero-order chi connectivity index (χ0) is 17.4. The van der Waals surface area contributed by atoms with Gasteiger partial charge in [-0.05, 0) is 25.3 Å². The predicted molar refractivity (Wildman–Crippen MR) is 79.2 cm³/mol. The van der Waals surface area contributed by atoms with Crippen LogP contribution in [0.15, 0.2) is 12.3 Å². The van der Waals surface area contributed by atoms with E-state index in [1.165, 1.54) is 0 Å². The maximum absolute atomic E-state index is 12.8. The summed E-state index contributed by atoms with van der Waals surface area (Å²) in [6, 6.07) is 0.837. The van der Waals surface area contributed by atoms with Crippen LogP contribution in [0.1, 0.15) is 25.0 Å². The molecule has 1 amide bonds. The molecule has 0 unspecified atom stereocenters. The van der Waals surface area contributed by atoms with Gasteiger partial charge < -0.3 is 14.9 Å². The smallest absolute Gasteiger partial charge is 0.395 e. The molecule has 1 atom stereocenters. The number of alkyl halides is 3. The highest BCUT2D eigenvalue weighted by Crippen LogP contribution is 2.41.